The summed E-state index contributed by atoms with van der Waals surface area (Å²) in [6.07, 6.45) is 2.58. The van der Waals surface area contributed by atoms with Gasteiger partial charge in [-0.05, 0) is 43.3 Å². The van der Waals surface area contributed by atoms with Gasteiger partial charge in [0, 0.05) is 10.6 Å². The first-order chi connectivity index (χ1) is 11.5. The molecule has 0 aliphatic heterocycles. The molecule has 1 amide bonds. The van der Waals surface area contributed by atoms with Gasteiger partial charge in [-0.25, -0.2) is 5.43 Å². The Balaban J connectivity index is 1.80. The fraction of sp³-hybridized carbons (Fsp3) is 0.0556. The van der Waals surface area contributed by atoms with E-state index in [2.05, 4.69) is 10.5 Å². The molecule has 120 valence electrons. The van der Waals surface area contributed by atoms with E-state index in [1.807, 2.05) is 13.0 Å². The summed E-state index contributed by atoms with van der Waals surface area (Å²) in [5.41, 5.74) is 4.29. The third kappa shape index (κ3) is 3.36. The molecule has 0 atom stereocenters. The molecule has 0 spiro atoms. The monoisotopic (exact) mass is 340 g/mol. The number of amides is 1. The van der Waals surface area contributed by atoms with E-state index in [4.69, 9.17) is 16.0 Å². The molecule has 0 aliphatic rings. The number of nitrogens with one attached hydrogen (secondary N) is 1. The molecule has 5 nitrogen and oxygen atoms in total. The Morgan fingerprint density at radius 2 is 1.96 bits per heavy atom. The number of halogens is 1. The molecule has 0 unspecified atom stereocenters. The van der Waals surface area contributed by atoms with E-state index < -0.39 is 5.91 Å². The zero-order valence-electron chi connectivity index (χ0n) is 12.7. The lowest BCUT2D eigenvalue weighted by molar-refractivity contribution is 0.0955. The van der Waals surface area contributed by atoms with Crippen LogP contribution in [0.2, 0.25) is 5.02 Å². The van der Waals surface area contributed by atoms with Gasteiger partial charge in [0.05, 0.1) is 17.2 Å². The van der Waals surface area contributed by atoms with Gasteiger partial charge in [-0.3, -0.25) is 9.59 Å². The maximum absolute atomic E-state index is 12.4. The van der Waals surface area contributed by atoms with Gasteiger partial charge in [-0.15, -0.1) is 0 Å². The Kier molecular flexibility index (Phi) is 4.44. The molecule has 0 fully saturated rings. The van der Waals surface area contributed by atoms with E-state index in [0.29, 0.717) is 21.6 Å². The highest BCUT2D eigenvalue weighted by Gasteiger charge is 2.06. The summed E-state index contributed by atoms with van der Waals surface area (Å²) < 4.78 is 5.42. The van der Waals surface area contributed by atoms with Gasteiger partial charge in [0.25, 0.3) is 5.91 Å². The molecule has 0 radical (unpaired) electrons. The second-order valence-corrected chi connectivity index (χ2v) is 5.66. The van der Waals surface area contributed by atoms with Crippen LogP contribution in [0, 0.1) is 6.92 Å². The SMILES string of the molecule is Cc1ccc2occ(C=NNC(=O)c3ccc(Cl)cc3)c(=O)c2c1. The second-order valence-electron chi connectivity index (χ2n) is 5.23. The third-order valence-corrected chi connectivity index (χ3v) is 3.68. The minimum Gasteiger partial charge on any atom is -0.463 e. The highest BCUT2D eigenvalue weighted by Crippen LogP contribution is 2.12. The molecule has 3 rings (SSSR count). The fourth-order valence-electron chi connectivity index (χ4n) is 2.18. The highest BCUT2D eigenvalue weighted by molar-refractivity contribution is 6.30. The summed E-state index contributed by atoms with van der Waals surface area (Å²) in [7, 11) is 0. The standard InChI is InChI=1S/C18H13ClN2O3/c1-11-2-7-16-15(8-11)17(22)13(10-24-16)9-20-21-18(23)12-3-5-14(19)6-4-12/h2-10H,1H3,(H,21,23). The number of benzene rings is 2. The first kappa shape index (κ1) is 16.0. The van der Waals surface area contributed by atoms with Crippen LogP contribution in [0.1, 0.15) is 21.5 Å². The normalized spacial score (nSPS) is 11.1. The van der Waals surface area contributed by atoms with Crippen LogP contribution < -0.4 is 10.9 Å². The van der Waals surface area contributed by atoms with E-state index in [9.17, 15) is 9.59 Å². The van der Waals surface area contributed by atoms with Crippen LogP contribution in [-0.2, 0) is 0 Å². The predicted molar refractivity (Wildman–Crippen MR) is 93.7 cm³/mol. The molecule has 0 saturated heterocycles. The van der Waals surface area contributed by atoms with Crippen molar-refractivity contribution >= 4 is 34.7 Å². The number of hydrogen-bond donors (Lipinski definition) is 1. The van der Waals surface area contributed by atoms with Crippen LogP contribution >= 0.6 is 11.6 Å². The summed E-state index contributed by atoms with van der Waals surface area (Å²) in [5, 5.41) is 4.83. The van der Waals surface area contributed by atoms with Crippen molar-refractivity contribution in [1.29, 1.82) is 0 Å². The van der Waals surface area contributed by atoms with E-state index in [1.54, 1.807) is 36.4 Å². The smallest absolute Gasteiger partial charge is 0.271 e. The zero-order valence-corrected chi connectivity index (χ0v) is 13.5. The van der Waals surface area contributed by atoms with Crippen molar-refractivity contribution in [2.45, 2.75) is 6.92 Å². The van der Waals surface area contributed by atoms with Crippen molar-refractivity contribution in [1.82, 2.24) is 5.43 Å². The van der Waals surface area contributed by atoms with E-state index in [1.165, 1.54) is 12.5 Å². The van der Waals surface area contributed by atoms with Gasteiger partial charge in [0.1, 0.15) is 11.8 Å². The summed E-state index contributed by atoms with van der Waals surface area (Å²) >= 11 is 5.77. The van der Waals surface area contributed by atoms with Gasteiger partial charge in [-0.2, -0.15) is 5.10 Å². The predicted octanol–water partition coefficient (Wildman–Crippen LogP) is 3.52. The molecule has 6 heteroatoms. The quantitative estimate of drug-likeness (QED) is 0.585. The minimum atomic E-state index is -0.399. The minimum absolute atomic E-state index is 0.204. The summed E-state index contributed by atoms with van der Waals surface area (Å²) in [6.45, 7) is 1.89. The second kappa shape index (κ2) is 6.68. The van der Waals surface area contributed by atoms with Crippen molar-refractivity contribution in [3.63, 3.8) is 0 Å². The van der Waals surface area contributed by atoms with Crippen LogP contribution in [-0.4, -0.2) is 12.1 Å². The summed E-state index contributed by atoms with van der Waals surface area (Å²) in [4.78, 5) is 24.3. The van der Waals surface area contributed by atoms with Crippen molar-refractivity contribution in [3.8, 4) is 0 Å². The third-order valence-electron chi connectivity index (χ3n) is 3.43. The van der Waals surface area contributed by atoms with Gasteiger partial charge < -0.3 is 4.42 Å². The number of carbonyl (C=O) groups excluding carboxylic acids is 1. The van der Waals surface area contributed by atoms with Gasteiger partial charge >= 0.3 is 0 Å². The largest absolute Gasteiger partial charge is 0.463 e. The van der Waals surface area contributed by atoms with Crippen LogP contribution in [0.25, 0.3) is 11.0 Å². The average Bonchev–Trinajstić information content (AvgIpc) is 2.58. The molecular formula is C18H13ClN2O3. The lowest BCUT2D eigenvalue weighted by atomic mass is 10.1. The fourth-order valence-corrected chi connectivity index (χ4v) is 2.30. The molecule has 1 aromatic heterocycles. The number of aryl methyl sites for hydroxylation is 1. The van der Waals surface area contributed by atoms with Crippen LogP contribution in [0.5, 0.6) is 0 Å². The molecule has 1 heterocycles. The highest BCUT2D eigenvalue weighted by atomic mass is 35.5. The van der Waals surface area contributed by atoms with Gasteiger partial charge in [0.2, 0.25) is 5.43 Å². The lowest BCUT2D eigenvalue weighted by Gasteiger charge is -2.01. The molecular weight excluding hydrogens is 328 g/mol. The van der Waals surface area contributed by atoms with Gasteiger partial charge in [0.15, 0.2) is 0 Å². The van der Waals surface area contributed by atoms with Crippen LogP contribution in [0.15, 0.2) is 63.0 Å². The number of carbonyl (C=O) groups is 1. The molecule has 0 bridgehead atoms. The average molecular weight is 341 g/mol. The number of rotatable bonds is 3. The number of nitrogens with zero attached hydrogens (tertiary/aromatic N) is 1. The Labute approximate surface area is 142 Å². The molecule has 0 aliphatic carbocycles. The topological polar surface area (TPSA) is 71.7 Å². The van der Waals surface area contributed by atoms with Crippen LogP contribution in [0.3, 0.4) is 0 Å². The Hall–Kier alpha value is -2.92. The molecule has 0 saturated carbocycles. The summed E-state index contributed by atoms with van der Waals surface area (Å²) in [5.74, 6) is -0.399. The molecule has 1 N–H and O–H groups in total. The summed E-state index contributed by atoms with van der Waals surface area (Å²) in [6, 6.07) is 11.8. The first-order valence-electron chi connectivity index (χ1n) is 7.16. The van der Waals surface area contributed by atoms with Crippen molar-refractivity contribution in [3.05, 3.63) is 80.7 Å². The Bertz CT molecular complexity index is 991. The molecule has 3 aromatic rings. The number of hydrogen-bond acceptors (Lipinski definition) is 4. The van der Waals surface area contributed by atoms with Crippen molar-refractivity contribution in [2.75, 3.05) is 0 Å². The number of fused-ring (bicyclic) bond motifs is 1. The van der Waals surface area contributed by atoms with Gasteiger partial charge in [-0.1, -0.05) is 23.2 Å². The first-order valence-corrected chi connectivity index (χ1v) is 7.53. The molecule has 2 aromatic carbocycles. The zero-order chi connectivity index (χ0) is 17.1. The van der Waals surface area contributed by atoms with Crippen molar-refractivity contribution in [2.24, 2.45) is 5.10 Å². The van der Waals surface area contributed by atoms with E-state index in [-0.39, 0.29) is 11.0 Å². The maximum Gasteiger partial charge on any atom is 0.271 e. The Morgan fingerprint density at radius 1 is 1.21 bits per heavy atom. The van der Waals surface area contributed by atoms with Crippen LogP contribution in [0.4, 0.5) is 0 Å². The Morgan fingerprint density at radius 3 is 2.71 bits per heavy atom. The van der Waals surface area contributed by atoms with E-state index >= 15 is 0 Å². The van der Waals surface area contributed by atoms with E-state index in [0.717, 1.165) is 5.56 Å². The lowest BCUT2D eigenvalue weighted by Crippen LogP contribution is -2.18. The molecule has 24 heavy (non-hydrogen) atoms. The maximum atomic E-state index is 12.4. The number of hydrazone groups is 1. The van der Waals surface area contributed by atoms with Crippen molar-refractivity contribution < 1.29 is 9.21 Å².